The van der Waals surface area contributed by atoms with E-state index in [2.05, 4.69) is 42.4 Å². The van der Waals surface area contributed by atoms with Crippen molar-refractivity contribution in [1.29, 1.82) is 5.26 Å². The standard InChI is InChI=1S/C24H27N5OS2/c1-15-27-28-23(29(15)17-8-6-5-7-9-17)31-14-21(30)26-22-19(13-25)18-11-10-16(24(2,3)4)12-20(18)32-22/h5-9,16H,10-12,14H2,1-4H3,(H,26,30). The minimum atomic E-state index is -0.141. The number of hydrogen-bond donors (Lipinski definition) is 1. The highest BCUT2D eigenvalue weighted by Gasteiger charge is 2.32. The maximum absolute atomic E-state index is 12.8. The molecule has 0 saturated carbocycles. The minimum Gasteiger partial charge on any atom is -0.316 e. The first-order chi connectivity index (χ1) is 15.3. The van der Waals surface area contributed by atoms with Gasteiger partial charge in [-0.1, -0.05) is 50.7 Å². The molecule has 0 radical (unpaired) electrons. The highest BCUT2D eigenvalue weighted by atomic mass is 32.2. The topological polar surface area (TPSA) is 83.6 Å². The number of thioether (sulfide) groups is 1. The van der Waals surface area contributed by atoms with Crippen LogP contribution in [0.25, 0.3) is 5.69 Å². The monoisotopic (exact) mass is 465 g/mol. The lowest BCUT2D eigenvalue weighted by Gasteiger charge is -2.33. The Morgan fingerprint density at radius 1 is 1.31 bits per heavy atom. The van der Waals surface area contributed by atoms with Crippen molar-refractivity contribution in [3.63, 3.8) is 0 Å². The van der Waals surface area contributed by atoms with E-state index in [0.29, 0.717) is 21.6 Å². The van der Waals surface area contributed by atoms with Crippen LogP contribution in [0.2, 0.25) is 0 Å². The van der Waals surface area contributed by atoms with Gasteiger partial charge in [0, 0.05) is 10.6 Å². The number of benzene rings is 1. The Bertz CT molecular complexity index is 1170. The Morgan fingerprint density at radius 3 is 2.75 bits per heavy atom. The normalized spacial score (nSPS) is 15.8. The molecule has 6 nitrogen and oxygen atoms in total. The number of amides is 1. The summed E-state index contributed by atoms with van der Waals surface area (Å²) in [6.07, 6.45) is 2.96. The van der Waals surface area contributed by atoms with Crippen LogP contribution in [0.3, 0.4) is 0 Å². The number of rotatable bonds is 5. The van der Waals surface area contributed by atoms with E-state index in [-0.39, 0.29) is 17.1 Å². The predicted molar refractivity (Wildman–Crippen MR) is 129 cm³/mol. The summed E-state index contributed by atoms with van der Waals surface area (Å²) in [5.74, 6) is 1.41. The number of fused-ring (bicyclic) bond motifs is 1. The number of thiophene rings is 1. The zero-order chi connectivity index (χ0) is 22.9. The van der Waals surface area contributed by atoms with Gasteiger partial charge >= 0.3 is 0 Å². The van der Waals surface area contributed by atoms with E-state index in [1.165, 1.54) is 16.6 Å². The molecule has 8 heteroatoms. The number of nitriles is 1. The van der Waals surface area contributed by atoms with Gasteiger partial charge in [0.25, 0.3) is 0 Å². The molecular formula is C24H27N5OS2. The van der Waals surface area contributed by atoms with Gasteiger partial charge in [0.1, 0.15) is 16.9 Å². The molecule has 1 amide bonds. The number of aryl methyl sites for hydroxylation is 1. The van der Waals surface area contributed by atoms with Crippen molar-refractivity contribution in [2.45, 2.75) is 52.1 Å². The van der Waals surface area contributed by atoms with Crippen LogP contribution < -0.4 is 5.32 Å². The molecule has 0 fully saturated rings. The molecule has 0 aliphatic heterocycles. The van der Waals surface area contributed by atoms with Gasteiger partial charge < -0.3 is 5.32 Å². The average Bonchev–Trinajstić information content (AvgIpc) is 3.30. The molecule has 1 unspecified atom stereocenters. The van der Waals surface area contributed by atoms with E-state index in [0.717, 1.165) is 36.3 Å². The van der Waals surface area contributed by atoms with Crippen LogP contribution in [0.15, 0.2) is 35.5 Å². The lowest BCUT2D eigenvalue weighted by molar-refractivity contribution is -0.113. The number of hydrogen-bond acceptors (Lipinski definition) is 6. The van der Waals surface area contributed by atoms with Crippen molar-refractivity contribution in [2.75, 3.05) is 11.1 Å². The number of nitrogens with zero attached hydrogens (tertiary/aromatic N) is 4. The maximum atomic E-state index is 12.8. The Balaban J connectivity index is 1.46. The van der Waals surface area contributed by atoms with Crippen LogP contribution in [0.5, 0.6) is 0 Å². The van der Waals surface area contributed by atoms with Crippen LogP contribution in [-0.4, -0.2) is 26.4 Å². The Kier molecular flexibility index (Phi) is 6.40. The van der Waals surface area contributed by atoms with E-state index < -0.39 is 0 Å². The smallest absolute Gasteiger partial charge is 0.235 e. The summed E-state index contributed by atoms with van der Waals surface area (Å²) >= 11 is 2.90. The van der Waals surface area contributed by atoms with Gasteiger partial charge in [0.15, 0.2) is 5.16 Å². The van der Waals surface area contributed by atoms with Crippen LogP contribution >= 0.6 is 23.1 Å². The lowest BCUT2D eigenvalue weighted by atomic mass is 9.72. The summed E-state index contributed by atoms with van der Waals surface area (Å²) in [5, 5.41) is 22.5. The molecular weight excluding hydrogens is 438 g/mol. The number of carbonyl (C=O) groups is 1. The number of carbonyl (C=O) groups excluding carboxylic acids is 1. The fourth-order valence-electron chi connectivity index (χ4n) is 4.14. The molecule has 1 aliphatic carbocycles. The van der Waals surface area contributed by atoms with Gasteiger partial charge in [-0.25, -0.2) is 0 Å². The fourth-order valence-corrected chi connectivity index (χ4v) is 6.23. The first kappa shape index (κ1) is 22.6. The molecule has 1 atom stereocenters. The zero-order valence-electron chi connectivity index (χ0n) is 18.8. The first-order valence-electron chi connectivity index (χ1n) is 10.7. The van der Waals surface area contributed by atoms with Gasteiger partial charge in [-0.05, 0) is 55.2 Å². The predicted octanol–water partition coefficient (Wildman–Crippen LogP) is 5.39. The van der Waals surface area contributed by atoms with Gasteiger partial charge in [-0.2, -0.15) is 5.26 Å². The Labute approximate surface area is 197 Å². The third-order valence-corrected chi connectivity index (χ3v) is 8.10. The highest BCUT2D eigenvalue weighted by molar-refractivity contribution is 7.99. The second-order valence-electron chi connectivity index (χ2n) is 9.16. The van der Waals surface area contributed by atoms with E-state index in [1.807, 2.05) is 41.8 Å². The van der Waals surface area contributed by atoms with Crippen LogP contribution in [0.4, 0.5) is 5.00 Å². The fraction of sp³-hybridized carbons (Fsp3) is 0.417. The average molecular weight is 466 g/mol. The molecule has 0 saturated heterocycles. The SMILES string of the molecule is Cc1nnc(SCC(=O)Nc2sc3c(c2C#N)CCC(C(C)(C)C)C3)n1-c1ccccc1. The molecule has 166 valence electrons. The second kappa shape index (κ2) is 9.08. The summed E-state index contributed by atoms with van der Waals surface area (Å²) in [5.41, 5.74) is 2.96. The molecule has 1 aromatic carbocycles. The number of anilines is 1. The third kappa shape index (κ3) is 4.59. The van der Waals surface area contributed by atoms with E-state index >= 15 is 0 Å². The van der Waals surface area contributed by atoms with Crippen molar-refractivity contribution in [3.8, 4) is 11.8 Å². The van der Waals surface area contributed by atoms with Crippen LogP contribution in [-0.2, 0) is 17.6 Å². The largest absolute Gasteiger partial charge is 0.316 e. The van der Waals surface area contributed by atoms with Gasteiger partial charge in [0.2, 0.25) is 5.91 Å². The number of nitrogens with one attached hydrogen (secondary N) is 1. The molecule has 0 bridgehead atoms. The third-order valence-electron chi connectivity index (χ3n) is 6.00. The maximum Gasteiger partial charge on any atom is 0.235 e. The zero-order valence-corrected chi connectivity index (χ0v) is 20.4. The van der Waals surface area contributed by atoms with E-state index in [9.17, 15) is 10.1 Å². The summed E-state index contributed by atoms with van der Waals surface area (Å²) in [6.45, 7) is 8.72. The lowest BCUT2D eigenvalue weighted by Crippen LogP contribution is -2.26. The van der Waals surface area contributed by atoms with Crippen molar-refractivity contribution in [3.05, 3.63) is 52.2 Å². The first-order valence-corrected chi connectivity index (χ1v) is 12.5. The van der Waals surface area contributed by atoms with Crippen molar-refractivity contribution < 1.29 is 4.79 Å². The van der Waals surface area contributed by atoms with Gasteiger partial charge in [0.05, 0.1) is 11.3 Å². The number of aromatic nitrogens is 3. The molecule has 4 rings (SSSR count). The summed E-state index contributed by atoms with van der Waals surface area (Å²) in [7, 11) is 0. The summed E-state index contributed by atoms with van der Waals surface area (Å²) in [4.78, 5) is 14.0. The summed E-state index contributed by atoms with van der Waals surface area (Å²) in [6, 6.07) is 12.2. The van der Waals surface area contributed by atoms with Crippen molar-refractivity contribution in [2.24, 2.45) is 11.3 Å². The van der Waals surface area contributed by atoms with E-state index in [4.69, 9.17) is 0 Å². The molecule has 3 aromatic rings. The van der Waals surface area contributed by atoms with Crippen molar-refractivity contribution in [1.82, 2.24) is 14.8 Å². The Hall–Kier alpha value is -2.63. The molecule has 2 aromatic heterocycles. The molecule has 32 heavy (non-hydrogen) atoms. The van der Waals surface area contributed by atoms with Gasteiger partial charge in [-0.15, -0.1) is 21.5 Å². The van der Waals surface area contributed by atoms with Crippen molar-refractivity contribution >= 4 is 34.0 Å². The minimum absolute atomic E-state index is 0.141. The molecule has 2 heterocycles. The second-order valence-corrected chi connectivity index (χ2v) is 11.2. The van der Waals surface area contributed by atoms with Crippen LogP contribution in [0.1, 0.15) is 49.0 Å². The van der Waals surface area contributed by atoms with Crippen LogP contribution in [0, 0.1) is 29.6 Å². The Morgan fingerprint density at radius 2 is 2.06 bits per heavy atom. The summed E-state index contributed by atoms with van der Waals surface area (Å²) < 4.78 is 1.94. The van der Waals surface area contributed by atoms with E-state index in [1.54, 1.807) is 11.3 Å². The molecule has 1 N–H and O–H groups in total. The molecule has 0 spiro atoms. The molecule has 1 aliphatic rings. The van der Waals surface area contributed by atoms with Gasteiger partial charge in [-0.3, -0.25) is 9.36 Å². The highest BCUT2D eigenvalue weighted by Crippen LogP contribution is 2.44. The number of para-hydroxylation sites is 1. The quantitative estimate of drug-likeness (QED) is 0.511.